The van der Waals surface area contributed by atoms with Crippen LogP contribution in [0.15, 0.2) is 47.9 Å². The van der Waals surface area contributed by atoms with Crippen molar-refractivity contribution in [2.45, 2.75) is 128 Å². The summed E-state index contributed by atoms with van der Waals surface area (Å²) < 4.78 is 28.4. The zero-order chi connectivity index (χ0) is 40.2. The molecular formula is C40H64N6O7S. The number of rotatable bonds is 18. The van der Waals surface area contributed by atoms with Gasteiger partial charge in [-0.2, -0.15) is 4.31 Å². The summed E-state index contributed by atoms with van der Waals surface area (Å²) in [5.41, 5.74) is -0.562. The summed E-state index contributed by atoms with van der Waals surface area (Å²) >= 11 is 0. The van der Waals surface area contributed by atoms with Gasteiger partial charge in [0.1, 0.15) is 12.1 Å². The van der Waals surface area contributed by atoms with E-state index in [-0.39, 0.29) is 48.1 Å². The molecule has 54 heavy (non-hydrogen) atoms. The molecule has 1 aromatic rings. The molecule has 2 unspecified atom stereocenters. The third-order valence-electron chi connectivity index (χ3n) is 11.0. The van der Waals surface area contributed by atoms with Crippen LogP contribution in [0.2, 0.25) is 0 Å². The van der Waals surface area contributed by atoms with E-state index in [1.165, 1.54) is 29.6 Å². The molecule has 1 saturated carbocycles. The maximum absolute atomic E-state index is 14.7. The second kappa shape index (κ2) is 20.2. The van der Waals surface area contributed by atoms with Crippen LogP contribution < -0.4 is 21.3 Å². The fourth-order valence-corrected chi connectivity index (χ4v) is 9.32. The molecule has 0 spiro atoms. The first-order valence-corrected chi connectivity index (χ1v) is 21.0. The number of likely N-dealkylation sites (N-methyl/N-ethyl adjacent to an activating group) is 1. The van der Waals surface area contributed by atoms with Crippen molar-refractivity contribution in [3.8, 4) is 0 Å². The Hall–Kier alpha value is -3.78. The normalized spacial score (nSPS) is 19.8. The summed E-state index contributed by atoms with van der Waals surface area (Å²) in [6.07, 6.45) is 7.96. The minimum absolute atomic E-state index is 0.0127. The third-order valence-corrected chi connectivity index (χ3v) is 12.8. The van der Waals surface area contributed by atoms with Crippen molar-refractivity contribution in [1.29, 1.82) is 0 Å². The average molecular weight is 773 g/mol. The standard InChI is InChI=1S/C40H64N6O7S/c1-9-11-22-31(35(47)37(49)41-24-10-2)43-36(48)34-30(27(3)4)23-25-46(34)38(50)33(28-18-14-12-15-19-28)44-39(51)42-26-32(40(5,6)7)45(8)54(52,53)29-20-16-13-17-21-29/h10,13,16-17,20-21,27-28,30-34H,2,9,11-12,14-15,18-19,22-26H2,1,3-8H3,(H,41,49)(H,43,48)(H2,42,44,51)/t30?,31?,32-,33+,34+/m1/s1. The molecule has 5 amide bonds. The van der Waals surface area contributed by atoms with Gasteiger partial charge < -0.3 is 26.2 Å². The van der Waals surface area contributed by atoms with E-state index >= 15 is 0 Å². The van der Waals surface area contributed by atoms with Crippen LogP contribution in [0.3, 0.4) is 0 Å². The minimum Gasteiger partial charge on any atom is -0.346 e. The number of nitrogens with one attached hydrogen (secondary N) is 4. The van der Waals surface area contributed by atoms with E-state index in [9.17, 15) is 32.4 Å². The highest BCUT2D eigenvalue weighted by molar-refractivity contribution is 7.89. The minimum atomic E-state index is -3.87. The number of hydrogen-bond donors (Lipinski definition) is 4. The largest absolute Gasteiger partial charge is 0.346 e. The van der Waals surface area contributed by atoms with E-state index in [4.69, 9.17) is 0 Å². The quantitative estimate of drug-likeness (QED) is 0.127. The van der Waals surface area contributed by atoms with E-state index in [0.717, 1.165) is 38.5 Å². The zero-order valence-corrected chi connectivity index (χ0v) is 34.2. The third kappa shape index (κ3) is 11.6. The molecular weight excluding hydrogens is 709 g/mol. The number of nitrogens with zero attached hydrogens (tertiary/aromatic N) is 2. The van der Waals surface area contributed by atoms with Crippen LogP contribution in [0.1, 0.15) is 99.3 Å². The van der Waals surface area contributed by atoms with Crippen LogP contribution >= 0.6 is 0 Å². The Morgan fingerprint density at radius 2 is 1.63 bits per heavy atom. The molecule has 2 fully saturated rings. The van der Waals surface area contributed by atoms with Gasteiger partial charge in [0.25, 0.3) is 5.91 Å². The van der Waals surface area contributed by atoms with Gasteiger partial charge in [0, 0.05) is 32.7 Å². The SMILES string of the molecule is C=CCNC(=O)C(=O)C(CCCC)NC(=O)[C@@H]1C(C(C)C)CCN1C(=O)[C@@H](NC(=O)NC[C@@H](N(C)S(=O)(=O)c1ccccc1)C(C)(C)C)C1CCCCC1. The monoisotopic (exact) mass is 772 g/mol. The maximum Gasteiger partial charge on any atom is 0.315 e. The Morgan fingerprint density at radius 3 is 2.20 bits per heavy atom. The lowest BCUT2D eigenvalue weighted by Crippen LogP contribution is -2.60. The van der Waals surface area contributed by atoms with E-state index in [2.05, 4.69) is 27.8 Å². The number of unbranched alkanes of at least 4 members (excludes halogenated alkanes) is 1. The van der Waals surface area contributed by atoms with Crippen molar-refractivity contribution < 1.29 is 32.4 Å². The molecule has 1 aliphatic heterocycles. The molecule has 1 heterocycles. The van der Waals surface area contributed by atoms with Crippen molar-refractivity contribution in [2.75, 3.05) is 26.7 Å². The molecule has 1 aliphatic carbocycles. The molecule has 14 heteroatoms. The van der Waals surface area contributed by atoms with Gasteiger partial charge in [-0.15, -0.1) is 6.58 Å². The highest BCUT2D eigenvalue weighted by Crippen LogP contribution is 2.34. The fourth-order valence-electron chi connectivity index (χ4n) is 7.76. The second-order valence-corrected chi connectivity index (χ2v) is 18.2. The lowest BCUT2D eigenvalue weighted by molar-refractivity contribution is -0.144. The molecule has 2 aliphatic rings. The number of hydrogen-bond acceptors (Lipinski definition) is 7. The van der Waals surface area contributed by atoms with Crippen LogP contribution in [-0.4, -0.2) is 98.0 Å². The number of benzene rings is 1. The topological polar surface area (TPSA) is 174 Å². The molecule has 5 atom stereocenters. The van der Waals surface area contributed by atoms with E-state index < -0.39 is 63.2 Å². The first-order valence-electron chi connectivity index (χ1n) is 19.6. The lowest BCUT2D eigenvalue weighted by atomic mass is 9.83. The fraction of sp³-hybridized carbons (Fsp3) is 0.675. The molecule has 0 radical (unpaired) electrons. The number of likely N-dealkylation sites (tertiary alicyclic amines) is 1. The smallest absolute Gasteiger partial charge is 0.315 e. The first kappa shape index (κ1) is 44.6. The predicted molar refractivity (Wildman–Crippen MR) is 210 cm³/mol. The Kier molecular flexibility index (Phi) is 16.7. The predicted octanol–water partition coefficient (Wildman–Crippen LogP) is 4.39. The summed E-state index contributed by atoms with van der Waals surface area (Å²) in [6.45, 7) is 15.6. The van der Waals surface area contributed by atoms with Crippen LogP contribution in [0.5, 0.6) is 0 Å². The van der Waals surface area contributed by atoms with Gasteiger partial charge in [-0.25, -0.2) is 13.2 Å². The summed E-state index contributed by atoms with van der Waals surface area (Å²) in [7, 11) is -2.37. The second-order valence-electron chi connectivity index (χ2n) is 16.2. The molecule has 13 nitrogen and oxygen atoms in total. The summed E-state index contributed by atoms with van der Waals surface area (Å²) in [5.74, 6) is -2.75. The van der Waals surface area contributed by atoms with Crippen molar-refractivity contribution in [3.05, 3.63) is 43.0 Å². The van der Waals surface area contributed by atoms with Crippen molar-refractivity contribution in [1.82, 2.24) is 30.5 Å². The molecule has 3 rings (SSSR count). The summed E-state index contributed by atoms with van der Waals surface area (Å²) in [4.78, 5) is 70.0. The lowest BCUT2D eigenvalue weighted by Gasteiger charge is -2.38. The van der Waals surface area contributed by atoms with E-state index in [0.29, 0.717) is 19.4 Å². The molecule has 302 valence electrons. The first-order chi connectivity index (χ1) is 25.4. The van der Waals surface area contributed by atoms with Crippen molar-refractivity contribution >= 4 is 39.6 Å². The van der Waals surface area contributed by atoms with Gasteiger partial charge in [0.05, 0.1) is 10.9 Å². The number of amides is 5. The van der Waals surface area contributed by atoms with Crippen molar-refractivity contribution in [3.63, 3.8) is 0 Å². The van der Waals surface area contributed by atoms with Crippen LogP contribution in [0.4, 0.5) is 4.79 Å². The Balaban J connectivity index is 1.86. The molecule has 1 saturated heterocycles. The van der Waals surface area contributed by atoms with Gasteiger partial charge in [-0.3, -0.25) is 19.2 Å². The van der Waals surface area contributed by atoms with Gasteiger partial charge in [0.2, 0.25) is 27.6 Å². The van der Waals surface area contributed by atoms with Crippen LogP contribution in [-0.2, 0) is 29.2 Å². The zero-order valence-electron chi connectivity index (χ0n) is 33.4. The highest BCUT2D eigenvalue weighted by atomic mass is 32.2. The molecule has 1 aromatic carbocycles. The number of carbonyl (C=O) groups is 5. The average Bonchev–Trinajstić information content (AvgIpc) is 3.60. The number of Topliss-reactive ketones (excluding diaryl/α,β-unsaturated/α-hetero) is 1. The van der Waals surface area contributed by atoms with E-state index in [1.54, 1.807) is 23.1 Å². The van der Waals surface area contributed by atoms with Crippen LogP contribution in [0.25, 0.3) is 0 Å². The summed E-state index contributed by atoms with van der Waals surface area (Å²) in [5, 5.41) is 11.2. The van der Waals surface area contributed by atoms with Gasteiger partial charge in [0.15, 0.2) is 0 Å². The van der Waals surface area contributed by atoms with E-state index in [1.807, 2.05) is 41.5 Å². The number of sulfonamides is 1. The highest BCUT2D eigenvalue weighted by Gasteiger charge is 2.47. The number of ketones is 1. The maximum atomic E-state index is 14.7. The number of carbonyl (C=O) groups excluding carboxylic acids is 5. The Bertz CT molecular complexity index is 1560. The van der Waals surface area contributed by atoms with Gasteiger partial charge >= 0.3 is 6.03 Å². The Morgan fingerprint density at radius 1 is 0.981 bits per heavy atom. The van der Waals surface area contributed by atoms with Gasteiger partial charge in [-0.05, 0) is 61.0 Å². The number of urea groups is 1. The van der Waals surface area contributed by atoms with Crippen LogP contribution in [0, 0.1) is 23.2 Å². The molecule has 4 N–H and O–H groups in total. The van der Waals surface area contributed by atoms with Crippen molar-refractivity contribution in [2.24, 2.45) is 23.2 Å². The molecule has 0 aromatic heterocycles. The summed E-state index contributed by atoms with van der Waals surface area (Å²) in [6, 6.07) is 4.03. The van der Waals surface area contributed by atoms with Gasteiger partial charge in [-0.1, -0.05) is 97.9 Å². The Labute approximate surface area is 322 Å². The molecule has 0 bridgehead atoms.